The van der Waals surface area contributed by atoms with Crippen molar-refractivity contribution in [3.63, 3.8) is 0 Å². The van der Waals surface area contributed by atoms with Gasteiger partial charge in [0.05, 0.1) is 6.61 Å². The molecule has 3 heteroatoms. The molecular formula is C15H21NO2. The fourth-order valence-corrected chi connectivity index (χ4v) is 2.87. The maximum absolute atomic E-state index is 11.5. The lowest BCUT2D eigenvalue weighted by Crippen LogP contribution is -2.32. The van der Waals surface area contributed by atoms with Crippen LogP contribution in [-0.2, 0) is 21.5 Å². The van der Waals surface area contributed by atoms with E-state index in [1.54, 1.807) is 0 Å². The fourth-order valence-electron chi connectivity index (χ4n) is 2.87. The largest absolute Gasteiger partial charge is 0.466 e. The summed E-state index contributed by atoms with van der Waals surface area (Å²) < 4.78 is 7.29. The Morgan fingerprint density at radius 1 is 1.67 bits per heavy atom. The van der Waals surface area contributed by atoms with Crippen molar-refractivity contribution >= 4 is 5.97 Å². The Bertz CT molecular complexity index is 435. The van der Waals surface area contributed by atoms with E-state index < -0.39 is 0 Å². The first-order valence-corrected chi connectivity index (χ1v) is 6.66. The number of nitrogens with zero attached hydrogens (tertiary/aromatic N) is 1. The number of rotatable bonds is 5. The van der Waals surface area contributed by atoms with Gasteiger partial charge in [0.25, 0.3) is 0 Å². The van der Waals surface area contributed by atoms with Crippen molar-refractivity contribution in [1.82, 2.24) is 4.57 Å². The lowest BCUT2D eigenvalue weighted by atomic mass is 9.74. The molecule has 3 nitrogen and oxygen atoms in total. The highest BCUT2D eigenvalue weighted by Gasteiger charge is 2.34. The van der Waals surface area contributed by atoms with E-state index in [0.29, 0.717) is 13.0 Å². The molecule has 1 aromatic rings. The average molecular weight is 247 g/mol. The molecule has 1 aliphatic rings. The van der Waals surface area contributed by atoms with Gasteiger partial charge in [-0.25, -0.2) is 0 Å². The summed E-state index contributed by atoms with van der Waals surface area (Å²) in [4.78, 5) is 11.5. The number of esters is 1. The first-order valence-electron chi connectivity index (χ1n) is 6.66. The molecule has 0 saturated heterocycles. The second-order valence-corrected chi connectivity index (χ2v) is 4.86. The summed E-state index contributed by atoms with van der Waals surface area (Å²) in [6.45, 7) is 7.36. The van der Waals surface area contributed by atoms with Crippen LogP contribution in [-0.4, -0.2) is 17.1 Å². The molecule has 0 N–H and O–H groups in total. The number of aromatic nitrogens is 1. The van der Waals surface area contributed by atoms with E-state index in [4.69, 9.17) is 4.74 Å². The molecule has 2 rings (SSSR count). The summed E-state index contributed by atoms with van der Waals surface area (Å²) in [6, 6.07) is 4.22. The Hall–Kier alpha value is -1.51. The van der Waals surface area contributed by atoms with Gasteiger partial charge in [0.2, 0.25) is 0 Å². The lowest BCUT2D eigenvalue weighted by molar-refractivity contribution is -0.143. The van der Waals surface area contributed by atoms with Gasteiger partial charge in [-0.1, -0.05) is 6.08 Å². The second kappa shape index (κ2) is 5.42. The maximum atomic E-state index is 11.5. The molecule has 0 aliphatic carbocycles. The summed E-state index contributed by atoms with van der Waals surface area (Å²) >= 11 is 0. The maximum Gasteiger partial charge on any atom is 0.305 e. The molecule has 0 fully saturated rings. The third-order valence-corrected chi connectivity index (χ3v) is 3.83. The quantitative estimate of drug-likeness (QED) is 0.591. The van der Waals surface area contributed by atoms with Crippen LogP contribution in [0, 0.1) is 0 Å². The number of ether oxygens (including phenoxy) is 1. The topological polar surface area (TPSA) is 31.2 Å². The smallest absolute Gasteiger partial charge is 0.305 e. The van der Waals surface area contributed by atoms with Crippen LogP contribution in [0.4, 0.5) is 0 Å². The van der Waals surface area contributed by atoms with E-state index in [0.717, 1.165) is 25.8 Å². The van der Waals surface area contributed by atoms with Crippen LogP contribution in [0.3, 0.4) is 0 Å². The van der Waals surface area contributed by atoms with E-state index in [2.05, 4.69) is 29.5 Å². The van der Waals surface area contributed by atoms with E-state index in [1.165, 1.54) is 5.69 Å². The van der Waals surface area contributed by atoms with Crippen LogP contribution in [0.5, 0.6) is 0 Å². The van der Waals surface area contributed by atoms with Crippen LogP contribution >= 0.6 is 0 Å². The first kappa shape index (κ1) is 12.9. The summed E-state index contributed by atoms with van der Waals surface area (Å²) in [7, 11) is 0. The normalized spacial score (nSPS) is 22.3. The minimum Gasteiger partial charge on any atom is -0.466 e. The zero-order valence-electron chi connectivity index (χ0n) is 11.0. The Balaban J connectivity index is 2.13. The molecule has 1 aliphatic heterocycles. The Kier molecular flexibility index (Phi) is 3.90. The minimum atomic E-state index is -0.109. The van der Waals surface area contributed by atoms with Gasteiger partial charge in [-0.05, 0) is 38.3 Å². The van der Waals surface area contributed by atoms with Crippen LogP contribution in [0.2, 0.25) is 0 Å². The number of carbonyl (C=O) groups is 1. The third kappa shape index (κ3) is 2.35. The predicted molar refractivity (Wildman–Crippen MR) is 71.4 cm³/mol. The van der Waals surface area contributed by atoms with E-state index in [9.17, 15) is 4.79 Å². The van der Waals surface area contributed by atoms with Crippen LogP contribution in [0.15, 0.2) is 31.0 Å². The fraction of sp³-hybridized carbons (Fsp3) is 0.533. The highest BCUT2D eigenvalue weighted by Crippen LogP contribution is 2.39. The average Bonchev–Trinajstić information content (AvgIpc) is 2.86. The zero-order chi connectivity index (χ0) is 13.0. The van der Waals surface area contributed by atoms with E-state index in [1.807, 2.05) is 13.0 Å². The number of carbonyl (C=O) groups excluding carboxylic acids is 1. The monoisotopic (exact) mass is 247 g/mol. The summed E-state index contributed by atoms with van der Waals surface area (Å²) in [5, 5.41) is 0. The van der Waals surface area contributed by atoms with Gasteiger partial charge in [0, 0.05) is 30.3 Å². The van der Waals surface area contributed by atoms with Crippen LogP contribution in [0.1, 0.15) is 38.3 Å². The number of allylic oxidation sites excluding steroid dienone is 1. The van der Waals surface area contributed by atoms with Gasteiger partial charge in [-0.3, -0.25) is 4.79 Å². The molecule has 98 valence electrons. The second-order valence-electron chi connectivity index (χ2n) is 4.86. The van der Waals surface area contributed by atoms with Crippen molar-refractivity contribution in [2.75, 3.05) is 6.61 Å². The molecule has 1 aromatic heterocycles. The molecule has 18 heavy (non-hydrogen) atoms. The van der Waals surface area contributed by atoms with Crippen LogP contribution < -0.4 is 0 Å². The number of hydrogen-bond donors (Lipinski definition) is 0. The van der Waals surface area contributed by atoms with Crippen molar-refractivity contribution in [3.8, 4) is 0 Å². The lowest BCUT2D eigenvalue weighted by Gasteiger charge is -2.36. The molecule has 1 atom stereocenters. The van der Waals surface area contributed by atoms with Gasteiger partial charge in [0.15, 0.2) is 0 Å². The molecular weight excluding hydrogens is 226 g/mol. The molecule has 0 bridgehead atoms. The van der Waals surface area contributed by atoms with E-state index >= 15 is 0 Å². The molecule has 0 amide bonds. The van der Waals surface area contributed by atoms with Gasteiger partial charge in [0.1, 0.15) is 0 Å². The number of fused-ring (bicyclic) bond motifs is 1. The van der Waals surface area contributed by atoms with Gasteiger partial charge in [-0.2, -0.15) is 0 Å². The zero-order valence-corrected chi connectivity index (χ0v) is 11.0. The molecule has 0 saturated carbocycles. The van der Waals surface area contributed by atoms with E-state index in [-0.39, 0.29) is 11.4 Å². The third-order valence-electron chi connectivity index (χ3n) is 3.83. The van der Waals surface area contributed by atoms with Gasteiger partial charge < -0.3 is 9.30 Å². The van der Waals surface area contributed by atoms with Gasteiger partial charge >= 0.3 is 5.97 Å². The molecule has 0 unspecified atom stereocenters. The molecule has 0 radical (unpaired) electrons. The molecule has 0 spiro atoms. The Morgan fingerprint density at radius 2 is 2.50 bits per heavy atom. The van der Waals surface area contributed by atoms with Crippen molar-refractivity contribution in [2.24, 2.45) is 0 Å². The van der Waals surface area contributed by atoms with Crippen molar-refractivity contribution in [2.45, 2.75) is 44.6 Å². The molecule has 2 heterocycles. The van der Waals surface area contributed by atoms with Gasteiger partial charge in [-0.15, -0.1) is 6.58 Å². The summed E-state index contributed by atoms with van der Waals surface area (Å²) in [5.41, 5.74) is 1.22. The predicted octanol–water partition coefficient (Wildman–Crippen LogP) is 3.05. The van der Waals surface area contributed by atoms with Crippen molar-refractivity contribution in [3.05, 3.63) is 36.7 Å². The Morgan fingerprint density at radius 3 is 3.22 bits per heavy atom. The summed E-state index contributed by atoms with van der Waals surface area (Å²) in [6.07, 6.45) is 7.58. The first-order chi connectivity index (χ1) is 8.72. The van der Waals surface area contributed by atoms with Crippen molar-refractivity contribution in [1.29, 1.82) is 0 Å². The van der Waals surface area contributed by atoms with Crippen LogP contribution in [0.25, 0.3) is 0 Å². The number of hydrogen-bond acceptors (Lipinski definition) is 2. The van der Waals surface area contributed by atoms with Crippen molar-refractivity contribution < 1.29 is 9.53 Å². The Labute approximate surface area is 108 Å². The molecule has 0 aromatic carbocycles. The highest BCUT2D eigenvalue weighted by atomic mass is 16.5. The SMILES string of the molecule is C=C[C@]1(CCC(=O)OCC)CCCn2cccc21. The highest BCUT2D eigenvalue weighted by molar-refractivity contribution is 5.69. The minimum absolute atomic E-state index is 0.0610. The summed E-state index contributed by atoms with van der Waals surface area (Å²) in [5.74, 6) is -0.109. The standard InChI is InChI=1S/C15H21NO2/c1-3-15(10-8-14(17)18-4-2)9-6-12-16-11-5-7-13(15)16/h3,5,7,11H,1,4,6,8-10,12H2,2H3/t15-/m1/s1. The number of aryl methyl sites for hydroxylation is 1.